The Balaban J connectivity index is 2.88. The lowest BCUT2D eigenvalue weighted by molar-refractivity contribution is -0.146. The number of Topliss-reactive ketones (excluding diaryl/α,β-unsaturated/α-hetero) is 2. The zero-order chi connectivity index (χ0) is 12.3. The summed E-state index contributed by atoms with van der Waals surface area (Å²) in [6, 6.07) is 6.96. The molecule has 2 nitrogen and oxygen atoms in total. The topological polar surface area (TPSA) is 34.1 Å². The number of rotatable bonds is 3. The first kappa shape index (κ1) is 12.7. The number of halogens is 4. The SMILES string of the molecule is O=C(C(=O)C(Cl)C(F)(F)F)c1ccccc1. The van der Waals surface area contributed by atoms with E-state index in [1.807, 2.05) is 0 Å². The van der Waals surface area contributed by atoms with Crippen LogP contribution >= 0.6 is 11.6 Å². The number of ketones is 2. The molecule has 0 N–H and O–H groups in total. The summed E-state index contributed by atoms with van der Waals surface area (Å²) < 4.78 is 36.2. The summed E-state index contributed by atoms with van der Waals surface area (Å²) >= 11 is 4.86. The van der Waals surface area contributed by atoms with Crippen LogP contribution in [0.15, 0.2) is 30.3 Å². The van der Waals surface area contributed by atoms with E-state index in [0.29, 0.717) is 0 Å². The lowest BCUT2D eigenvalue weighted by Crippen LogP contribution is -2.36. The number of hydrogen-bond acceptors (Lipinski definition) is 2. The minimum absolute atomic E-state index is 0.109. The molecule has 0 aromatic heterocycles. The molecule has 1 unspecified atom stereocenters. The predicted molar refractivity (Wildman–Crippen MR) is 51.5 cm³/mol. The van der Waals surface area contributed by atoms with Crippen molar-refractivity contribution in [3.63, 3.8) is 0 Å². The van der Waals surface area contributed by atoms with Gasteiger partial charge in [0.1, 0.15) is 0 Å². The zero-order valence-corrected chi connectivity index (χ0v) is 8.55. The molecule has 6 heteroatoms. The normalized spacial score (nSPS) is 13.2. The molecular formula is C10H6ClF3O2. The molecule has 0 aliphatic heterocycles. The summed E-state index contributed by atoms with van der Waals surface area (Å²) in [6.45, 7) is 0. The second-order valence-corrected chi connectivity index (χ2v) is 3.40. The summed E-state index contributed by atoms with van der Waals surface area (Å²) in [5.41, 5.74) is -0.109. The fourth-order valence-corrected chi connectivity index (χ4v) is 1.09. The van der Waals surface area contributed by atoms with Crippen molar-refractivity contribution in [2.24, 2.45) is 0 Å². The summed E-state index contributed by atoms with van der Waals surface area (Å²) in [7, 11) is 0. The van der Waals surface area contributed by atoms with E-state index in [0.717, 1.165) is 0 Å². The molecule has 1 rings (SSSR count). The van der Waals surface area contributed by atoms with Crippen molar-refractivity contribution >= 4 is 23.2 Å². The second-order valence-electron chi connectivity index (χ2n) is 2.96. The molecule has 86 valence electrons. The smallest absolute Gasteiger partial charge is 0.288 e. The molecular weight excluding hydrogens is 245 g/mol. The van der Waals surface area contributed by atoms with E-state index >= 15 is 0 Å². The fraction of sp³-hybridized carbons (Fsp3) is 0.200. The molecule has 0 spiro atoms. The summed E-state index contributed by atoms with van der Waals surface area (Å²) in [6.07, 6.45) is -4.91. The lowest BCUT2D eigenvalue weighted by atomic mass is 10.1. The highest BCUT2D eigenvalue weighted by Crippen LogP contribution is 2.26. The van der Waals surface area contributed by atoms with Gasteiger partial charge in [-0.3, -0.25) is 9.59 Å². The molecule has 0 saturated heterocycles. The van der Waals surface area contributed by atoms with Crippen molar-refractivity contribution in [1.82, 2.24) is 0 Å². The quantitative estimate of drug-likeness (QED) is 0.469. The Labute approximate surface area is 94.0 Å². The third-order valence-corrected chi connectivity index (χ3v) is 2.22. The standard InChI is InChI=1S/C10H6ClF3O2/c11-9(10(12,13)14)8(16)7(15)6-4-2-1-3-5-6/h1-5,9H. The van der Waals surface area contributed by atoms with E-state index in [1.54, 1.807) is 6.07 Å². The van der Waals surface area contributed by atoms with Gasteiger partial charge in [-0.05, 0) is 0 Å². The first-order valence-electron chi connectivity index (χ1n) is 4.18. The van der Waals surface area contributed by atoms with E-state index < -0.39 is 23.1 Å². The van der Waals surface area contributed by atoms with Crippen molar-refractivity contribution < 1.29 is 22.8 Å². The van der Waals surface area contributed by atoms with Crippen molar-refractivity contribution in [2.45, 2.75) is 11.6 Å². The Hall–Kier alpha value is -1.36. The Morgan fingerprint density at radius 3 is 2.06 bits per heavy atom. The van der Waals surface area contributed by atoms with E-state index in [9.17, 15) is 22.8 Å². The van der Waals surface area contributed by atoms with Gasteiger partial charge in [-0.2, -0.15) is 13.2 Å². The van der Waals surface area contributed by atoms with Gasteiger partial charge in [-0.1, -0.05) is 30.3 Å². The zero-order valence-electron chi connectivity index (χ0n) is 7.79. The number of alkyl halides is 4. The summed E-state index contributed by atoms with van der Waals surface area (Å²) in [5, 5.41) is -2.79. The molecule has 0 radical (unpaired) electrons. The number of hydrogen-bond donors (Lipinski definition) is 0. The van der Waals surface area contributed by atoms with Gasteiger partial charge in [-0.15, -0.1) is 11.6 Å². The van der Waals surface area contributed by atoms with Crippen LogP contribution in [-0.4, -0.2) is 23.1 Å². The van der Waals surface area contributed by atoms with E-state index in [4.69, 9.17) is 11.6 Å². The fourth-order valence-electron chi connectivity index (χ4n) is 0.996. The first-order chi connectivity index (χ1) is 7.34. The molecule has 0 aliphatic rings. The van der Waals surface area contributed by atoms with Gasteiger partial charge in [-0.25, -0.2) is 0 Å². The minimum Gasteiger partial charge on any atom is -0.288 e. The van der Waals surface area contributed by atoms with Gasteiger partial charge in [0, 0.05) is 5.56 Å². The maximum Gasteiger partial charge on any atom is 0.412 e. The Morgan fingerprint density at radius 2 is 1.62 bits per heavy atom. The van der Waals surface area contributed by atoms with Crippen molar-refractivity contribution in [2.75, 3.05) is 0 Å². The summed E-state index contributed by atoms with van der Waals surface area (Å²) in [5.74, 6) is -2.90. The molecule has 0 bridgehead atoms. The van der Waals surface area contributed by atoms with Crippen LogP contribution in [0, 0.1) is 0 Å². The lowest BCUT2D eigenvalue weighted by Gasteiger charge is -2.11. The van der Waals surface area contributed by atoms with E-state index in [1.165, 1.54) is 24.3 Å². The van der Waals surface area contributed by atoms with Gasteiger partial charge in [0.2, 0.25) is 11.6 Å². The van der Waals surface area contributed by atoms with Crippen LogP contribution in [-0.2, 0) is 4.79 Å². The Bertz CT molecular complexity index is 400. The highest BCUT2D eigenvalue weighted by molar-refractivity contribution is 6.53. The average molecular weight is 251 g/mol. The third kappa shape index (κ3) is 2.82. The van der Waals surface area contributed by atoms with Crippen LogP contribution in [0.1, 0.15) is 10.4 Å². The highest BCUT2D eigenvalue weighted by atomic mass is 35.5. The Kier molecular flexibility index (Phi) is 3.70. The van der Waals surface area contributed by atoms with Crippen LogP contribution < -0.4 is 0 Å². The van der Waals surface area contributed by atoms with Crippen LogP contribution in [0.5, 0.6) is 0 Å². The molecule has 0 amide bonds. The Morgan fingerprint density at radius 1 is 1.12 bits per heavy atom. The van der Waals surface area contributed by atoms with Gasteiger partial charge >= 0.3 is 6.18 Å². The first-order valence-corrected chi connectivity index (χ1v) is 4.62. The molecule has 1 aromatic carbocycles. The number of carbonyl (C=O) groups excluding carboxylic acids is 2. The average Bonchev–Trinajstić information content (AvgIpc) is 2.26. The van der Waals surface area contributed by atoms with Crippen LogP contribution in [0.25, 0.3) is 0 Å². The molecule has 0 heterocycles. The van der Waals surface area contributed by atoms with Crippen molar-refractivity contribution in [3.8, 4) is 0 Å². The minimum atomic E-state index is -4.91. The van der Waals surface area contributed by atoms with Gasteiger partial charge in [0.15, 0.2) is 5.38 Å². The molecule has 16 heavy (non-hydrogen) atoms. The second kappa shape index (κ2) is 4.65. The van der Waals surface area contributed by atoms with E-state index in [-0.39, 0.29) is 5.56 Å². The van der Waals surface area contributed by atoms with E-state index in [2.05, 4.69) is 0 Å². The van der Waals surface area contributed by atoms with Gasteiger partial charge in [0.05, 0.1) is 0 Å². The van der Waals surface area contributed by atoms with Gasteiger partial charge in [0.25, 0.3) is 0 Å². The van der Waals surface area contributed by atoms with Crippen molar-refractivity contribution in [3.05, 3.63) is 35.9 Å². The number of carbonyl (C=O) groups is 2. The molecule has 0 aliphatic carbocycles. The van der Waals surface area contributed by atoms with Crippen LogP contribution in [0.3, 0.4) is 0 Å². The maximum atomic E-state index is 12.1. The molecule has 0 fully saturated rings. The molecule has 1 atom stereocenters. The molecule has 0 saturated carbocycles. The summed E-state index contributed by atoms with van der Waals surface area (Å²) in [4.78, 5) is 22.4. The monoisotopic (exact) mass is 250 g/mol. The van der Waals surface area contributed by atoms with Crippen LogP contribution in [0.2, 0.25) is 0 Å². The molecule has 1 aromatic rings. The third-order valence-electron chi connectivity index (χ3n) is 1.78. The maximum absolute atomic E-state index is 12.1. The number of benzene rings is 1. The van der Waals surface area contributed by atoms with Crippen LogP contribution in [0.4, 0.5) is 13.2 Å². The predicted octanol–water partition coefficient (Wildman–Crippen LogP) is 2.61. The van der Waals surface area contributed by atoms with Gasteiger partial charge < -0.3 is 0 Å². The van der Waals surface area contributed by atoms with Crippen molar-refractivity contribution in [1.29, 1.82) is 0 Å². The highest BCUT2D eigenvalue weighted by Gasteiger charge is 2.45. The largest absolute Gasteiger partial charge is 0.412 e.